The predicted molar refractivity (Wildman–Crippen MR) is 77.1 cm³/mol. The fraction of sp³-hybridized carbons (Fsp3) is 0.750. The molecule has 0 fully saturated rings. The number of carbonyl (C=O) groups is 1. The lowest BCUT2D eigenvalue weighted by atomic mass is 10.4. The second-order valence-electron chi connectivity index (χ2n) is 3.95. The third-order valence-electron chi connectivity index (χ3n) is 1.98. The summed E-state index contributed by atoms with van der Waals surface area (Å²) in [5.74, 6) is 2.08. The van der Waals surface area contributed by atoms with Crippen LogP contribution in [-0.2, 0) is 4.79 Å². The molecule has 0 bridgehead atoms. The molecule has 0 heterocycles. The lowest BCUT2D eigenvalue weighted by molar-refractivity contribution is -0.116. The Bertz CT molecular complexity index is 217. The van der Waals surface area contributed by atoms with Gasteiger partial charge in [-0.25, -0.2) is 0 Å². The van der Waals surface area contributed by atoms with Gasteiger partial charge in [0.25, 0.3) is 0 Å². The second-order valence-corrected chi connectivity index (χ2v) is 7.64. The van der Waals surface area contributed by atoms with Crippen LogP contribution in [0.25, 0.3) is 0 Å². The Morgan fingerprint density at radius 2 is 2.00 bits per heavy atom. The van der Waals surface area contributed by atoms with Gasteiger partial charge in [0.05, 0.1) is 4.08 Å². The fourth-order valence-electron chi connectivity index (χ4n) is 1.05. The molecule has 1 amide bonds. The summed E-state index contributed by atoms with van der Waals surface area (Å²) in [5.41, 5.74) is 0. The molecule has 0 aliphatic heterocycles. The van der Waals surface area contributed by atoms with E-state index in [2.05, 4.69) is 32.7 Å². The van der Waals surface area contributed by atoms with Crippen LogP contribution < -0.4 is 5.32 Å². The molecule has 0 radical (unpaired) electrons. The zero-order valence-corrected chi connectivity index (χ0v) is 12.2. The van der Waals surface area contributed by atoms with E-state index < -0.39 is 0 Å². The highest BCUT2D eigenvalue weighted by Crippen LogP contribution is 2.36. The van der Waals surface area contributed by atoms with E-state index >= 15 is 0 Å². The first-order chi connectivity index (χ1) is 7.52. The van der Waals surface area contributed by atoms with E-state index in [-0.39, 0.29) is 9.99 Å². The molecule has 0 atom stereocenters. The first kappa shape index (κ1) is 15.9. The van der Waals surface area contributed by atoms with Gasteiger partial charge < -0.3 is 5.32 Å². The Balaban J connectivity index is 3.56. The molecule has 1 N–H and O–H groups in total. The van der Waals surface area contributed by atoms with Crippen molar-refractivity contribution in [3.63, 3.8) is 0 Å². The van der Waals surface area contributed by atoms with Gasteiger partial charge in [-0.1, -0.05) is 19.9 Å². The van der Waals surface area contributed by atoms with Crippen LogP contribution in [0, 0.1) is 0 Å². The van der Waals surface area contributed by atoms with Crippen molar-refractivity contribution in [3.05, 3.63) is 12.7 Å². The van der Waals surface area contributed by atoms with Gasteiger partial charge in [0.15, 0.2) is 0 Å². The number of unbranched alkanes of at least 4 members (excludes halogenated alkanes) is 1. The third kappa shape index (κ3) is 9.16. The molecular weight excluding hydrogens is 238 g/mol. The van der Waals surface area contributed by atoms with Crippen LogP contribution in [0.1, 0.15) is 33.6 Å². The van der Waals surface area contributed by atoms with E-state index in [0.29, 0.717) is 6.54 Å². The third-order valence-corrected chi connectivity index (χ3v) is 4.98. The van der Waals surface area contributed by atoms with Crippen LogP contribution in [0.3, 0.4) is 0 Å². The highest BCUT2D eigenvalue weighted by molar-refractivity contribution is 8.18. The van der Waals surface area contributed by atoms with Crippen LogP contribution in [-0.4, -0.2) is 28.0 Å². The van der Waals surface area contributed by atoms with Crippen molar-refractivity contribution in [2.75, 3.05) is 18.1 Å². The zero-order chi connectivity index (χ0) is 12.4. The summed E-state index contributed by atoms with van der Waals surface area (Å²) < 4.78 is 0.244. The minimum absolute atomic E-state index is 0.0861. The van der Waals surface area contributed by atoms with Gasteiger partial charge in [0.1, 0.15) is 0 Å². The maximum atomic E-state index is 10.9. The van der Waals surface area contributed by atoms with E-state index in [9.17, 15) is 4.79 Å². The molecule has 0 unspecified atom stereocenters. The molecule has 0 saturated heterocycles. The molecule has 0 aliphatic rings. The molecule has 0 aromatic carbocycles. The first-order valence-corrected chi connectivity index (χ1v) is 7.67. The van der Waals surface area contributed by atoms with Crippen molar-refractivity contribution in [2.24, 2.45) is 0 Å². The summed E-state index contributed by atoms with van der Waals surface area (Å²) in [6.07, 6.45) is 3.84. The lowest BCUT2D eigenvalue weighted by Gasteiger charge is -2.23. The largest absolute Gasteiger partial charge is 0.352 e. The highest BCUT2D eigenvalue weighted by Gasteiger charge is 2.17. The monoisotopic (exact) mass is 261 g/mol. The minimum atomic E-state index is -0.0861. The van der Waals surface area contributed by atoms with Crippen molar-refractivity contribution >= 4 is 29.4 Å². The summed E-state index contributed by atoms with van der Waals surface area (Å²) in [6, 6.07) is 0. The maximum Gasteiger partial charge on any atom is 0.243 e. The summed E-state index contributed by atoms with van der Waals surface area (Å²) in [4.78, 5) is 10.9. The molecule has 0 aliphatic carbocycles. The van der Waals surface area contributed by atoms with Crippen molar-refractivity contribution in [3.8, 4) is 0 Å². The van der Waals surface area contributed by atoms with Crippen LogP contribution in [0.2, 0.25) is 0 Å². The molecule has 4 heteroatoms. The number of carbonyl (C=O) groups excluding carboxylic acids is 1. The number of rotatable bonds is 9. The normalized spacial score (nSPS) is 11.2. The maximum absolute atomic E-state index is 10.9. The average Bonchev–Trinajstić information content (AvgIpc) is 2.24. The van der Waals surface area contributed by atoms with Gasteiger partial charge in [-0.15, -0.1) is 23.5 Å². The number of nitrogens with one attached hydrogen (secondary N) is 1. The van der Waals surface area contributed by atoms with Crippen LogP contribution in [0.5, 0.6) is 0 Å². The smallest absolute Gasteiger partial charge is 0.243 e. The number of amides is 1. The summed E-state index contributed by atoms with van der Waals surface area (Å²) in [7, 11) is 0. The standard InChI is InChI=1S/C12H23NOS2/c1-5-7-9-15-12(3,4)16-10-8-13-11(14)6-2/h6H,2,5,7-10H2,1,3-4H3,(H,13,14). The Hall–Kier alpha value is -0.0900. The van der Waals surface area contributed by atoms with Gasteiger partial charge in [-0.3, -0.25) is 4.79 Å². The van der Waals surface area contributed by atoms with Crippen molar-refractivity contribution in [1.82, 2.24) is 5.32 Å². The number of hydrogen-bond donors (Lipinski definition) is 1. The molecular formula is C12H23NOS2. The lowest BCUT2D eigenvalue weighted by Crippen LogP contribution is -2.25. The Labute approximate surface area is 108 Å². The molecule has 0 spiro atoms. The molecule has 0 aromatic rings. The summed E-state index contributed by atoms with van der Waals surface area (Å²) in [5, 5.41) is 2.79. The summed E-state index contributed by atoms with van der Waals surface area (Å²) in [6.45, 7) is 10.8. The van der Waals surface area contributed by atoms with Gasteiger partial charge in [0, 0.05) is 12.3 Å². The Kier molecular flexibility index (Phi) is 8.94. The average molecular weight is 261 g/mol. The first-order valence-electron chi connectivity index (χ1n) is 5.70. The van der Waals surface area contributed by atoms with Crippen molar-refractivity contribution in [2.45, 2.75) is 37.7 Å². The quantitative estimate of drug-likeness (QED) is 0.392. The van der Waals surface area contributed by atoms with E-state index in [1.807, 2.05) is 23.5 Å². The van der Waals surface area contributed by atoms with Crippen LogP contribution in [0.4, 0.5) is 0 Å². The molecule has 2 nitrogen and oxygen atoms in total. The molecule has 16 heavy (non-hydrogen) atoms. The van der Waals surface area contributed by atoms with Crippen molar-refractivity contribution in [1.29, 1.82) is 0 Å². The van der Waals surface area contributed by atoms with Crippen molar-refractivity contribution < 1.29 is 4.79 Å². The van der Waals surface area contributed by atoms with E-state index in [1.165, 1.54) is 24.7 Å². The Morgan fingerprint density at radius 1 is 1.38 bits per heavy atom. The highest BCUT2D eigenvalue weighted by atomic mass is 32.2. The van der Waals surface area contributed by atoms with E-state index in [0.717, 1.165) is 5.75 Å². The van der Waals surface area contributed by atoms with Gasteiger partial charge in [0.2, 0.25) is 5.91 Å². The van der Waals surface area contributed by atoms with Crippen LogP contribution >= 0.6 is 23.5 Å². The minimum Gasteiger partial charge on any atom is -0.352 e. The number of thioether (sulfide) groups is 2. The van der Waals surface area contributed by atoms with E-state index in [1.54, 1.807) is 0 Å². The van der Waals surface area contributed by atoms with Gasteiger partial charge >= 0.3 is 0 Å². The van der Waals surface area contributed by atoms with Gasteiger partial charge in [-0.2, -0.15) is 0 Å². The van der Waals surface area contributed by atoms with E-state index in [4.69, 9.17) is 0 Å². The SMILES string of the molecule is C=CC(=O)NCCSC(C)(C)SCCCC. The predicted octanol–water partition coefficient (Wildman–Crippen LogP) is 3.29. The van der Waals surface area contributed by atoms with Gasteiger partial charge in [-0.05, 0) is 32.1 Å². The molecule has 94 valence electrons. The molecule has 0 aromatic heterocycles. The zero-order valence-electron chi connectivity index (χ0n) is 10.5. The number of hydrogen-bond acceptors (Lipinski definition) is 3. The molecule has 0 rings (SSSR count). The Morgan fingerprint density at radius 3 is 2.56 bits per heavy atom. The second kappa shape index (κ2) is 8.99. The topological polar surface area (TPSA) is 29.1 Å². The van der Waals surface area contributed by atoms with Crippen LogP contribution in [0.15, 0.2) is 12.7 Å². The summed E-state index contributed by atoms with van der Waals surface area (Å²) >= 11 is 3.89. The molecule has 0 saturated carbocycles. The fourth-order valence-corrected chi connectivity index (χ4v) is 3.50.